The number of anilines is 1. The average Bonchev–Trinajstić information content (AvgIpc) is 3.42. The highest BCUT2D eigenvalue weighted by atomic mass is 16.2. The number of benzene rings is 1. The predicted molar refractivity (Wildman–Crippen MR) is 117 cm³/mol. The summed E-state index contributed by atoms with van der Waals surface area (Å²) >= 11 is 0. The van der Waals surface area contributed by atoms with Crippen molar-refractivity contribution < 1.29 is 9.59 Å². The lowest BCUT2D eigenvalue weighted by Crippen LogP contribution is -2.47. The van der Waals surface area contributed by atoms with E-state index < -0.39 is 6.04 Å². The van der Waals surface area contributed by atoms with Gasteiger partial charge in [0.15, 0.2) is 0 Å². The maximum Gasteiger partial charge on any atom is 0.243 e. The van der Waals surface area contributed by atoms with Crippen LogP contribution in [0.25, 0.3) is 10.9 Å². The van der Waals surface area contributed by atoms with E-state index in [4.69, 9.17) is 0 Å². The zero-order valence-corrected chi connectivity index (χ0v) is 17.1. The third kappa shape index (κ3) is 4.62. The van der Waals surface area contributed by atoms with Crippen molar-refractivity contribution in [1.29, 1.82) is 0 Å². The first-order chi connectivity index (χ1) is 14.6. The smallest absolute Gasteiger partial charge is 0.243 e. The number of fused-ring (bicyclic) bond motifs is 1. The van der Waals surface area contributed by atoms with Gasteiger partial charge in [-0.1, -0.05) is 24.3 Å². The van der Waals surface area contributed by atoms with Crippen molar-refractivity contribution >= 4 is 28.5 Å². The topological polar surface area (TPSA) is 90.1 Å². The Bertz CT molecular complexity index is 1020. The molecule has 30 heavy (non-hydrogen) atoms. The number of aromatic nitrogens is 2. The lowest BCUT2D eigenvalue weighted by molar-refractivity contribution is -0.128. The molecule has 3 N–H and O–H groups in total. The maximum absolute atomic E-state index is 12.8. The lowest BCUT2D eigenvalue weighted by atomic mass is 10.0. The van der Waals surface area contributed by atoms with Gasteiger partial charge in [0.1, 0.15) is 11.9 Å². The van der Waals surface area contributed by atoms with Crippen LogP contribution in [0.1, 0.15) is 30.9 Å². The molecular weight excluding hydrogens is 378 g/mol. The van der Waals surface area contributed by atoms with E-state index in [1.165, 1.54) is 19.8 Å². The first kappa shape index (κ1) is 19.9. The number of hydrogen-bond donors (Lipinski definition) is 3. The normalized spacial score (nSPS) is 14.6. The van der Waals surface area contributed by atoms with E-state index >= 15 is 0 Å². The molecule has 3 heterocycles. The van der Waals surface area contributed by atoms with Crippen LogP contribution in [-0.2, 0) is 22.6 Å². The first-order valence-corrected chi connectivity index (χ1v) is 10.4. The Morgan fingerprint density at radius 1 is 1.17 bits per heavy atom. The lowest BCUT2D eigenvalue weighted by Gasteiger charge is -2.18. The van der Waals surface area contributed by atoms with Crippen molar-refractivity contribution in [2.75, 3.05) is 18.0 Å². The molecule has 2 amide bonds. The molecule has 0 aliphatic carbocycles. The third-order valence-corrected chi connectivity index (χ3v) is 5.50. The number of nitrogens with one attached hydrogen (secondary N) is 3. The highest BCUT2D eigenvalue weighted by Crippen LogP contribution is 2.20. The molecule has 3 aromatic rings. The summed E-state index contributed by atoms with van der Waals surface area (Å²) in [6.07, 6.45) is 6.54. The molecule has 156 valence electrons. The van der Waals surface area contributed by atoms with Gasteiger partial charge < -0.3 is 20.5 Å². The summed E-state index contributed by atoms with van der Waals surface area (Å²) in [4.78, 5) is 34.5. The Balaban J connectivity index is 1.40. The van der Waals surface area contributed by atoms with Gasteiger partial charge in [0.2, 0.25) is 11.8 Å². The SMILES string of the molecule is CC(=O)NC(Cc1c[nH]c2ccccc12)C(=O)NCc1ccc(N2CCCC2)nc1. The van der Waals surface area contributed by atoms with E-state index in [-0.39, 0.29) is 11.8 Å². The quantitative estimate of drug-likeness (QED) is 0.563. The molecule has 0 bridgehead atoms. The van der Waals surface area contributed by atoms with Crippen molar-refractivity contribution in [2.24, 2.45) is 0 Å². The standard InChI is InChI=1S/C23H27N5O2/c1-16(29)27-21(12-18-15-24-20-7-3-2-6-19(18)20)23(30)26-14-17-8-9-22(25-13-17)28-10-4-5-11-28/h2-3,6-9,13,15,21,24H,4-5,10-12,14H2,1H3,(H,26,30)(H,27,29). The number of para-hydroxylation sites is 1. The third-order valence-electron chi connectivity index (χ3n) is 5.50. The van der Waals surface area contributed by atoms with Crippen LogP contribution in [0.15, 0.2) is 48.8 Å². The van der Waals surface area contributed by atoms with Gasteiger partial charge in [0, 0.05) is 56.3 Å². The Labute approximate surface area is 175 Å². The molecule has 1 aliphatic heterocycles. The molecule has 0 spiro atoms. The second kappa shape index (κ2) is 8.98. The Kier molecular flexibility index (Phi) is 5.97. The van der Waals surface area contributed by atoms with Gasteiger partial charge in [-0.3, -0.25) is 9.59 Å². The highest BCUT2D eigenvalue weighted by Gasteiger charge is 2.21. The summed E-state index contributed by atoms with van der Waals surface area (Å²) in [7, 11) is 0. The fourth-order valence-corrected chi connectivity index (χ4v) is 3.94. The van der Waals surface area contributed by atoms with Gasteiger partial charge >= 0.3 is 0 Å². The molecule has 1 aromatic carbocycles. The van der Waals surface area contributed by atoms with Crippen molar-refractivity contribution in [1.82, 2.24) is 20.6 Å². The van der Waals surface area contributed by atoms with Crippen LogP contribution in [0, 0.1) is 0 Å². The Hall–Kier alpha value is -3.35. The molecule has 1 atom stereocenters. The van der Waals surface area contributed by atoms with Gasteiger partial charge in [-0.15, -0.1) is 0 Å². The largest absolute Gasteiger partial charge is 0.361 e. The maximum atomic E-state index is 12.8. The zero-order chi connectivity index (χ0) is 20.9. The van der Waals surface area contributed by atoms with E-state index in [0.717, 1.165) is 40.9 Å². The van der Waals surface area contributed by atoms with Crippen molar-refractivity contribution in [2.45, 2.75) is 38.8 Å². The number of carbonyl (C=O) groups is 2. The van der Waals surface area contributed by atoms with Crippen molar-refractivity contribution in [3.63, 3.8) is 0 Å². The van der Waals surface area contributed by atoms with E-state index in [2.05, 4.69) is 25.5 Å². The number of carbonyl (C=O) groups excluding carboxylic acids is 2. The van der Waals surface area contributed by atoms with Crippen LogP contribution in [0.3, 0.4) is 0 Å². The zero-order valence-electron chi connectivity index (χ0n) is 17.1. The fourth-order valence-electron chi connectivity index (χ4n) is 3.94. The number of H-pyrrole nitrogens is 1. The number of aromatic amines is 1. The molecule has 0 radical (unpaired) electrons. The van der Waals surface area contributed by atoms with Gasteiger partial charge in [0.05, 0.1) is 0 Å². The van der Waals surface area contributed by atoms with Gasteiger partial charge in [-0.05, 0) is 36.1 Å². The van der Waals surface area contributed by atoms with Crippen LogP contribution in [0.5, 0.6) is 0 Å². The summed E-state index contributed by atoms with van der Waals surface area (Å²) < 4.78 is 0. The number of nitrogens with zero attached hydrogens (tertiary/aromatic N) is 2. The van der Waals surface area contributed by atoms with Crippen LogP contribution < -0.4 is 15.5 Å². The predicted octanol–water partition coefficient (Wildman–Crippen LogP) is 2.53. The van der Waals surface area contributed by atoms with Crippen molar-refractivity contribution in [3.8, 4) is 0 Å². The summed E-state index contributed by atoms with van der Waals surface area (Å²) in [6.45, 7) is 3.90. The van der Waals surface area contributed by atoms with E-state index in [1.54, 1.807) is 6.20 Å². The molecule has 2 aromatic heterocycles. The van der Waals surface area contributed by atoms with Crippen LogP contribution in [0.4, 0.5) is 5.82 Å². The van der Waals surface area contributed by atoms with Crippen LogP contribution in [0.2, 0.25) is 0 Å². The minimum atomic E-state index is -0.640. The van der Waals surface area contributed by atoms with Gasteiger partial charge in [-0.25, -0.2) is 4.98 Å². The minimum Gasteiger partial charge on any atom is -0.361 e. The monoisotopic (exact) mass is 405 g/mol. The summed E-state index contributed by atoms with van der Waals surface area (Å²) in [6, 6.07) is 11.3. The summed E-state index contributed by atoms with van der Waals surface area (Å²) in [5.41, 5.74) is 2.94. The molecule has 7 nitrogen and oxygen atoms in total. The second-order valence-electron chi connectivity index (χ2n) is 7.75. The number of hydrogen-bond acceptors (Lipinski definition) is 4. The van der Waals surface area contributed by atoms with Gasteiger partial charge in [0.25, 0.3) is 0 Å². The number of amides is 2. The Morgan fingerprint density at radius 2 is 1.97 bits per heavy atom. The first-order valence-electron chi connectivity index (χ1n) is 10.4. The number of rotatable bonds is 7. The minimum absolute atomic E-state index is 0.209. The van der Waals surface area contributed by atoms with Gasteiger partial charge in [-0.2, -0.15) is 0 Å². The Morgan fingerprint density at radius 3 is 2.70 bits per heavy atom. The van der Waals surface area contributed by atoms with E-state index in [0.29, 0.717) is 13.0 Å². The molecule has 1 fully saturated rings. The molecule has 4 rings (SSSR count). The van der Waals surface area contributed by atoms with Crippen molar-refractivity contribution in [3.05, 3.63) is 59.9 Å². The summed E-state index contributed by atoms with van der Waals surface area (Å²) in [5.74, 6) is 0.545. The molecule has 1 unspecified atom stereocenters. The fraction of sp³-hybridized carbons (Fsp3) is 0.348. The van der Waals surface area contributed by atoms with E-state index in [1.807, 2.05) is 42.6 Å². The number of pyridine rings is 1. The molecule has 7 heteroatoms. The van der Waals surface area contributed by atoms with Crippen LogP contribution >= 0.6 is 0 Å². The molecule has 0 saturated carbocycles. The summed E-state index contributed by atoms with van der Waals surface area (Å²) in [5, 5.41) is 6.77. The molecule has 1 saturated heterocycles. The highest BCUT2D eigenvalue weighted by molar-refractivity contribution is 5.89. The molecule has 1 aliphatic rings. The average molecular weight is 406 g/mol. The van der Waals surface area contributed by atoms with E-state index in [9.17, 15) is 9.59 Å². The molecular formula is C23H27N5O2. The second-order valence-corrected chi connectivity index (χ2v) is 7.75. The van der Waals surface area contributed by atoms with Crippen LogP contribution in [-0.4, -0.2) is 40.9 Å².